The molecule has 5 nitrogen and oxygen atoms in total. The lowest BCUT2D eigenvalue weighted by atomic mass is 10.0. The Labute approximate surface area is 201 Å². The fraction of sp³-hybridized carbons (Fsp3) is 0.241. The number of aryl methyl sites for hydroxylation is 2. The minimum Gasteiger partial charge on any atom is -0.447 e. The van der Waals surface area contributed by atoms with Gasteiger partial charge in [0.25, 0.3) is 5.91 Å². The van der Waals surface area contributed by atoms with Crippen molar-refractivity contribution >= 4 is 5.91 Å². The van der Waals surface area contributed by atoms with Crippen LogP contribution in [0, 0.1) is 13.8 Å². The number of hydrogen-bond acceptors (Lipinski definition) is 4. The van der Waals surface area contributed by atoms with E-state index >= 15 is 0 Å². The fourth-order valence-electron chi connectivity index (χ4n) is 4.05. The molecule has 1 atom stereocenters. The van der Waals surface area contributed by atoms with Crippen molar-refractivity contribution in [2.75, 3.05) is 0 Å². The molecule has 0 aliphatic rings. The van der Waals surface area contributed by atoms with E-state index in [9.17, 15) is 4.79 Å². The second-order valence-electron chi connectivity index (χ2n) is 8.79. The van der Waals surface area contributed by atoms with Crippen LogP contribution in [0.5, 0.6) is 0 Å². The zero-order valence-electron chi connectivity index (χ0n) is 20.0. The Morgan fingerprint density at radius 3 is 2.35 bits per heavy atom. The van der Waals surface area contributed by atoms with E-state index in [1.54, 1.807) is 0 Å². The standard InChI is InChI=1S/C29H31N3O2/c1-21-14-15-26(22(2)16-21)18-32(17-24-10-6-4-7-11-24)19-28-31-27(20-34-28)29(33)30-23(3)25-12-8-5-9-13-25/h4-16,20,23H,17-19H2,1-3H3,(H,30,33)/t23-/m1/s1. The van der Waals surface area contributed by atoms with Gasteiger partial charge in [-0.05, 0) is 43.0 Å². The van der Waals surface area contributed by atoms with Crippen molar-refractivity contribution in [3.05, 3.63) is 125 Å². The minimum absolute atomic E-state index is 0.118. The largest absolute Gasteiger partial charge is 0.447 e. The van der Waals surface area contributed by atoms with Gasteiger partial charge in [0.15, 0.2) is 5.69 Å². The monoisotopic (exact) mass is 453 g/mol. The number of rotatable bonds is 9. The summed E-state index contributed by atoms with van der Waals surface area (Å²) in [6, 6.07) is 26.6. The summed E-state index contributed by atoms with van der Waals surface area (Å²) in [4.78, 5) is 19.5. The van der Waals surface area contributed by atoms with Crippen molar-refractivity contribution in [3.8, 4) is 0 Å². The molecule has 0 bridgehead atoms. The highest BCUT2D eigenvalue weighted by atomic mass is 16.3. The number of amides is 1. The zero-order valence-corrected chi connectivity index (χ0v) is 20.0. The second kappa shape index (κ2) is 10.9. The van der Waals surface area contributed by atoms with E-state index in [1.165, 1.54) is 28.5 Å². The first-order chi connectivity index (χ1) is 16.5. The van der Waals surface area contributed by atoms with Gasteiger partial charge in [0.05, 0.1) is 12.6 Å². The van der Waals surface area contributed by atoms with Crippen LogP contribution in [0.15, 0.2) is 89.5 Å². The molecule has 34 heavy (non-hydrogen) atoms. The lowest BCUT2D eigenvalue weighted by molar-refractivity contribution is 0.0934. The molecule has 0 saturated heterocycles. The smallest absolute Gasteiger partial charge is 0.273 e. The van der Waals surface area contributed by atoms with Crippen molar-refractivity contribution in [3.63, 3.8) is 0 Å². The molecule has 174 valence electrons. The number of nitrogens with zero attached hydrogens (tertiary/aromatic N) is 2. The molecule has 1 amide bonds. The van der Waals surface area contributed by atoms with Gasteiger partial charge in [0, 0.05) is 13.1 Å². The molecule has 4 rings (SSSR count). The topological polar surface area (TPSA) is 58.4 Å². The van der Waals surface area contributed by atoms with Gasteiger partial charge in [0.2, 0.25) is 5.89 Å². The van der Waals surface area contributed by atoms with Gasteiger partial charge in [-0.2, -0.15) is 0 Å². The van der Waals surface area contributed by atoms with Crippen LogP contribution >= 0.6 is 0 Å². The van der Waals surface area contributed by atoms with Gasteiger partial charge in [-0.1, -0.05) is 84.4 Å². The van der Waals surface area contributed by atoms with E-state index in [4.69, 9.17) is 4.42 Å². The van der Waals surface area contributed by atoms with Crippen LogP contribution in [0.4, 0.5) is 0 Å². The number of benzene rings is 3. The average Bonchev–Trinajstić information content (AvgIpc) is 3.31. The van der Waals surface area contributed by atoms with Crippen LogP contribution in [-0.2, 0) is 19.6 Å². The predicted molar refractivity (Wildman–Crippen MR) is 134 cm³/mol. The van der Waals surface area contributed by atoms with E-state index in [0.29, 0.717) is 18.1 Å². The van der Waals surface area contributed by atoms with Crippen LogP contribution in [0.3, 0.4) is 0 Å². The first kappa shape index (κ1) is 23.5. The van der Waals surface area contributed by atoms with Gasteiger partial charge in [-0.15, -0.1) is 0 Å². The number of carbonyl (C=O) groups excluding carboxylic acids is 1. The molecule has 5 heteroatoms. The highest BCUT2D eigenvalue weighted by Gasteiger charge is 2.18. The Morgan fingerprint density at radius 1 is 0.941 bits per heavy atom. The third-order valence-electron chi connectivity index (χ3n) is 5.93. The molecule has 1 aromatic heterocycles. The molecule has 1 N–H and O–H groups in total. The van der Waals surface area contributed by atoms with Gasteiger partial charge < -0.3 is 9.73 Å². The maximum Gasteiger partial charge on any atom is 0.273 e. The molecule has 0 aliphatic carbocycles. The summed E-state index contributed by atoms with van der Waals surface area (Å²) in [5, 5.41) is 3.00. The Bertz CT molecular complexity index is 1220. The zero-order chi connectivity index (χ0) is 23.9. The number of hydrogen-bond donors (Lipinski definition) is 1. The van der Waals surface area contributed by atoms with E-state index < -0.39 is 0 Å². The number of carbonyl (C=O) groups is 1. The van der Waals surface area contributed by atoms with Gasteiger partial charge in [-0.25, -0.2) is 4.98 Å². The lowest BCUT2D eigenvalue weighted by Gasteiger charge is -2.22. The van der Waals surface area contributed by atoms with E-state index in [-0.39, 0.29) is 11.9 Å². The van der Waals surface area contributed by atoms with Crippen molar-refractivity contribution in [1.29, 1.82) is 0 Å². The summed E-state index contributed by atoms with van der Waals surface area (Å²) >= 11 is 0. The van der Waals surface area contributed by atoms with Crippen molar-refractivity contribution in [1.82, 2.24) is 15.2 Å². The molecule has 3 aromatic carbocycles. The molecule has 0 unspecified atom stereocenters. The average molecular weight is 454 g/mol. The SMILES string of the molecule is Cc1ccc(CN(Cc2ccccc2)Cc2nc(C(=O)N[C@H](C)c3ccccc3)co2)c(C)c1. The second-order valence-corrected chi connectivity index (χ2v) is 8.79. The summed E-state index contributed by atoms with van der Waals surface area (Å²) in [5.41, 5.74) is 6.34. The molecule has 0 spiro atoms. The van der Waals surface area contributed by atoms with E-state index in [1.807, 2.05) is 55.5 Å². The molecular formula is C29H31N3O2. The molecule has 0 aliphatic heterocycles. The van der Waals surface area contributed by atoms with Crippen molar-refractivity contribution in [2.45, 2.75) is 46.4 Å². The summed E-state index contributed by atoms with van der Waals surface area (Å²) in [6.07, 6.45) is 1.44. The third kappa shape index (κ3) is 6.21. The van der Waals surface area contributed by atoms with Crippen molar-refractivity contribution < 1.29 is 9.21 Å². The summed E-state index contributed by atoms with van der Waals surface area (Å²) in [5.74, 6) is 0.286. The Hall–Kier alpha value is -3.70. The Kier molecular flexibility index (Phi) is 7.55. The summed E-state index contributed by atoms with van der Waals surface area (Å²) < 4.78 is 5.71. The molecule has 1 heterocycles. The van der Waals surface area contributed by atoms with Crippen LogP contribution in [0.1, 0.15) is 57.2 Å². The minimum atomic E-state index is -0.240. The van der Waals surface area contributed by atoms with Crippen LogP contribution in [0.2, 0.25) is 0 Å². The van der Waals surface area contributed by atoms with E-state index in [2.05, 4.69) is 59.4 Å². The number of oxazole rings is 1. The number of aromatic nitrogens is 1. The highest BCUT2D eigenvalue weighted by molar-refractivity contribution is 5.92. The van der Waals surface area contributed by atoms with Gasteiger partial charge in [0.1, 0.15) is 6.26 Å². The first-order valence-corrected chi connectivity index (χ1v) is 11.6. The van der Waals surface area contributed by atoms with Crippen molar-refractivity contribution in [2.24, 2.45) is 0 Å². The Balaban J connectivity index is 1.47. The molecule has 0 fully saturated rings. The molecule has 0 radical (unpaired) electrons. The summed E-state index contributed by atoms with van der Waals surface area (Å²) in [6.45, 7) is 8.23. The molecular weight excluding hydrogens is 422 g/mol. The maximum absolute atomic E-state index is 12.7. The van der Waals surface area contributed by atoms with Crippen LogP contribution in [0.25, 0.3) is 0 Å². The first-order valence-electron chi connectivity index (χ1n) is 11.6. The maximum atomic E-state index is 12.7. The third-order valence-corrected chi connectivity index (χ3v) is 5.93. The lowest BCUT2D eigenvalue weighted by Crippen LogP contribution is -2.27. The molecule has 4 aromatic rings. The Morgan fingerprint density at radius 2 is 1.65 bits per heavy atom. The quantitative estimate of drug-likeness (QED) is 0.338. The van der Waals surface area contributed by atoms with E-state index in [0.717, 1.165) is 18.7 Å². The highest BCUT2D eigenvalue weighted by Crippen LogP contribution is 2.18. The van der Waals surface area contributed by atoms with Gasteiger partial charge in [-0.3, -0.25) is 9.69 Å². The number of nitrogens with one attached hydrogen (secondary N) is 1. The normalized spacial score (nSPS) is 12.0. The fourth-order valence-corrected chi connectivity index (χ4v) is 4.05. The molecule has 0 saturated carbocycles. The summed E-state index contributed by atoms with van der Waals surface area (Å²) in [7, 11) is 0. The van der Waals surface area contributed by atoms with Crippen LogP contribution in [-0.4, -0.2) is 15.8 Å². The van der Waals surface area contributed by atoms with Gasteiger partial charge >= 0.3 is 0 Å². The van der Waals surface area contributed by atoms with Crippen LogP contribution < -0.4 is 5.32 Å². The predicted octanol–water partition coefficient (Wildman–Crippen LogP) is 5.98.